The molecule has 0 N–H and O–H groups in total. The van der Waals surface area contributed by atoms with E-state index in [-0.39, 0.29) is 17.9 Å². The van der Waals surface area contributed by atoms with Gasteiger partial charge >= 0.3 is 12.2 Å². The summed E-state index contributed by atoms with van der Waals surface area (Å²) < 4.78 is 46.3. The number of halogens is 3. The van der Waals surface area contributed by atoms with E-state index in [0.29, 0.717) is 5.69 Å². The van der Waals surface area contributed by atoms with Crippen LogP contribution < -0.4 is 9.64 Å². The van der Waals surface area contributed by atoms with Crippen molar-refractivity contribution in [3.05, 3.63) is 41.6 Å². The monoisotopic (exact) mass is 393 g/mol. The van der Waals surface area contributed by atoms with Gasteiger partial charge in [-0.3, -0.25) is 0 Å². The maximum absolute atomic E-state index is 13.5. The molecule has 0 amide bonds. The molecule has 1 aliphatic rings. The minimum atomic E-state index is -4.55. The fraction of sp³-hybridized carbons (Fsp3) is 0.524. The van der Waals surface area contributed by atoms with Gasteiger partial charge in [-0.25, -0.2) is 4.98 Å². The van der Waals surface area contributed by atoms with Gasteiger partial charge in [-0.15, -0.1) is 0 Å². The molecule has 0 bridgehead atoms. The molecule has 0 spiro atoms. The van der Waals surface area contributed by atoms with Crippen molar-refractivity contribution in [1.82, 2.24) is 9.97 Å². The first-order valence-electron chi connectivity index (χ1n) is 9.82. The lowest BCUT2D eigenvalue weighted by Gasteiger charge is -2.23. The number of alkyl halides is 3. The van der Waals surface area contributed by atoms with Crippen molar-refractivity contribution >= 4 is 11.5 Å². The molecule has 0 unspecified atom stereocenters. The van der Waals surface area contributed by atoms with E-state index in [0.717, 1.165) is 51.1 Å². The largest absolute Gasteiger partial charge is 0.460 e. The van der Waals surface area contributed by atoms with E-state index >= 15 is 0 Å². The summed E-state index contributed by atoms with van der Waals surface area (Å²) in [6, 6.07) is 7.55. The van der Waals surface area contributed by atoms with Crippen molar-refractivity contribution in [3.8, 4) is 6.01 Å². The third-order valence-corrected chi connectivity index (χ3v) is 5.09. The molecule has 152 valence electrons. The van der Waals surface area contributed by atoms with Gasteiger partial charge in [0.1, 0.15) is 11.7 Å². The van der Waals surface area contributed by atoms with Crippen LogP contribution in [0.3, 0.4) is 0 Å². The highest BCUT2D eigenvalue weighted by atomic mass is 19.4. The van der Waals surface area contributed by atoms with Crippen LogP contribution in [0.25, 0.3) is 0 Å². The van der Waals surface area contributed by atoms with Crippen molar-refractivity contribution in [2.75, 3.05) is 11.9 Å². The first kappa shape index (κ1) is 20.4. The number of nitrogens with zero attached hydrogens (tertiary/aromatic N) is 3. The Hall–Kier alpha value is -2.31. The second kappa shape index (κ2) is 8.80. The predicted molar refractivity (Wildman–Crippen MR) is 103 cm³/mol. The van der Waals surface area contributed by atoms with E-state index in [4.69, 9.17) is 4.74 Å². The Morgan fingerprint density at radius 2 is 1.82 bits per heavy atom. The Bertz CT molecular complexity index is 771. The number of aromatic nitrogens is 2. The summed E-state index contributed by atoms with van der Waals surface area (Å²) in [6.45, 7) is 2.13. The van der Waals surface area contributed by atoms with E-state index in [1.807, 2.05) is 24.3 Å². The summed E-state index contributed by atoms with van der Waals surface area (Å²) in [5, 5.41) is 0. The topological polar surface area (TPSA) is 38.2 Å². The molecule has 1 heterocycles. The summed E-state index contributed by atoms with van der Waals surface area (Å²) in [5.41, 5.74) is 0.933. The number of aryl methyl sites for hydroxylation is 1. The molecular weight excluding hydrogens is 367 g/mol. The van der Waals surface area contributed by atoms with E-state index in [9.17, 15) is 13.2 Å². The van der Waals surface area contributed by atoms with Crippen molar-refractivity contribution in [2.24, 2.45) is 0 Å². The summed E-state index contributed by atoms with van der Waals surface area (Å²) in [5.74, 6) is -0.197. The molecule has 0 radical (unpaired) electrons. The molecule has 3 rings (SSSR count). The number of anilines is 2. The Labute approximate surface area is 163 Å². The SMILES string of the molecule is CCCCc1ccc(N(C)c2nc(OC3CCCC3)ncc2C(F)(F)F)cc1. The van der Waals surface area contributed by atoms with Crippen molar-refractivity contribution < 1.29 is 17.9 Å². The van der Waals surface area contributed by atoms with E-state index in [1.165, 1.54) is 10.5 Å². The Kier molecular flexibility index (Phi) is 6.42. The van der Waals surface area contributed by atoms with Crippen molar-refractivity contribution in [3.63, 3.8) is 0 Å². The second-order valence-corrected chi connectivity index (χ2v) is 7.24. The Balaban J connectivity index is 1.87. The third kappa shape index (κ3) is 4.94. The van der Waals surface area contributed by atoms with E-state index < -0.39 is 11.7 Å². The molecule has 0 aliphatic heterocycles. The zero-order valence-electron chi connectivity index (χ0n) is 16.3. The van der Waals surface area contributed by atoms with Gasteiger partial charge < -0.3 is 9.64 Å². The smallest absolute Gasteiger partial charge is 0.421 e. The minimum absolute atomic E-state index is 0.00122. The van der Waals surface area contributed by atoms with Crippen LogP contribution in [0.4, 0.5) is 24.7 Å². The minimum Gasteiger partial charge on any atom is -0.460 e. The van der Waals surface area contributed by atoms with Crippen molar-refractivity contribution in [1.29, 1.82) is 0 Å². The Morgan fingerprint density at radius 1 is 1.14 bits per heavy atom. The molecule has 28 heavy (non-hydrogen) atoms. The van der Waals surface area contributed by atoms with Gasteiger partial charge in [0.05, 0.1) is 0 Å². The lowest BCUT2D eigenvalue weighted by molar-refractivity contribution is -0.137. The highest BCUT2D eigenvalue weighted by molar-refractivity contribution is 5.63. The van der Waals surface area contributed by atoms with E-state index in [2.05, 4.69) is 16.9 Å². The van der Waals surface area contributed by atoms with Gasteiger partial charge in [0.25, 0.3) is 0 Å². The number of rotatable bonds is 7. The van der Waals surface area contributed by atoms with Gasteiger partial charge in [-0.1, -0.05) is 25.5 Å². The first-order valence-corrected chi connectivity index (χ1v) is 9.82. The van der Waals surface area contributed by atoms with Gasteiger partial charge in [-0.2, -0.15) is 18.2 Å². The van der Waals surface area contributed by atoms with Crippen molar-refractivity contribution in [2.45, 2.75) is 64.1 Å². The molecule has 1 fully saturated rings. The van der Waals surface area contributed by atoms with Crippen LogP contribution in [-0.4, -0.2) is 23.1 Å². The fourth-order valence-electron chi connectivity index (χ4n) is 3.41. The molecule has 1 aliphatic carbocycles. The number of benzene rings is 1. The zero-order valence-corrected chi connectivity index (χ0v) is 16.3. The second-order valence-electron chi connectivity index (χ2n) is 7.24. The van der Waals surface area contributed by atoms with Crippen LogP contribution in [0.5, 0.6) is 6.01 Å². The number of ether oxygens (including phenoxy) is 1. The standard InChI is InChI=1S/C21H26F3N3O/c1-3-4-7-15-10-12-16(13-11-15)27(2)19-18(21(22,23)24)14-25-20(26-19)28-17-8-5-6-9-17/h10-14,17H,3-9H2,1-2H3. The Morgan fingerprint density at radius 3 is 2.43 bits per heavy atom. The molecule has 4 nitrogen and oxygen atoms in total. The summed E-state index contributed by atoms with van der Waals surface area (Å²) in [7, 11) is 1.58. The predicted octanol–water partition coefficient (Wildman–Crippen LogP) is 5.93. The molecule has 7 heteroatoms. The molecule has 2 aromatic rings. The quantitative estimate of drug-likeness (QED) is 0.585. The van der Waals surface area contributed by atoms with Crippen LogP contribution >= 0.6 is 0 Å². The van der Waals surface area contributed by atoms with Crippen LogP contribution in [0.1, 0.15) is 56.6 Å². The van der Waals surface area contributed by atoms with Crippen LogP contribution in [0.15, 0.2) is 30.5 Å². The average Bonchev–Trinajstić information content (AvgIpc) is 3.18. The number of hydrogen-bond donors (Lipinski definition) is 0. The number of unbranched alkanes of at least 4 members (excludes halogenated alkanes) is 1. The summed E-state index contributed by atoms with van der Waals surface area (Å²) >= 11 is 0. The molecule has 1 saturated carbocycles. The van der Waals surface area contributed by atoms with Gasteiger partial charge in [-0.05, 0) is 56.2 Å². The molecule has 1 aromatic heterocycles. The zero-order chi connectivity index (χ0) is 20.1. The third-order valence-electron chi connectivity index (χ3n) is 5.09. The van der Waals surface area contributed by atoms with Crippen LogP contribution in [0, 0.1) is 0 Å². The first-order chi connectivity index (χ1) is 13.4. The number of hydrogen-bond acceptors (Lipinski definition) is 4. The lowest BCUT2D eigenvalue weighted by atomic mass is 10.1. The summed E-state index contributed by atoms with van der Waals surface area (Å²) in [6.07, 6.45) is 3.28. The van der Waals surface area contributed by atoms with Gasteiger partial charge in [0.15, 0.2) is 5.82 Å². The molecule has 0 atom stereocenters. The fourth-order valence-corrected chi connectivity index (χ4v) is 3.41. The van der Waals surface area contributed by atoms with Gasteiger partial charge in [0.2, 0.25) is 0 Å². The molecular formula is C21H26F3N3O. The molecule has 1 aromatic carbocycles. The van der Waals surface area contributed by atoms with E-state index in [1.54, 1.807) is 7.05 Å². The summed E-state index contributed by atoms with van der Waals surface area (Å²) in [4.78, 5) is 9.38. The maximum atomic E-state index is 13.5. The average molecular weight is 393 g/mol. The highest BCUT2D eigenvalue weighted by Crippen LogP contribution is 2.38. The maximum Gasteiger partial charge on any atom is 0.421 e. The normalized spacial score (nSPS) is 15.0. The highest BCUT2D eigenvalue weighted by Gasteiger charge is 2.37. The van der Waals surface area contributed by atoms with Gasteiger partial charge in [0, 0.05) is 18.9 Å². The lowest BCUT2D eigenvalue weighted by Crippen LogP contribution is -2.20. The van der Waals surface area contributed by atoms with Crippen LogP contribution in [-0.2, 0) is 12.6 Å². The molecule has 0 saturated heterocycles. The van der Waals surface area contributed by atoms with Crippen LogP contribution in [0.2, 0.25) is 0 Å².